The van der Waals surface area contributed by atoms with E-state index in [2.05, 4.69) is 15.3 Å². The second-order valence-corrected chi connectivity index (χ2v) is 8.59. The molecule has 2 aromatic carbocycles. The van der Waals surface area contributed by atoms with Crippen molar-refractivity contribution in [3.05, 3.63) is 77.9 Å². The SMILES string of the molecule is C[C@@H](Sc1ncnc2sccc12)C(=O)Nc1ccc(OCc2ccccc2)cc1. The van der Waals surface area contributed by atoms with Crippen LogP contribution >= 0.6 is 23.1 Å². The molecule has 1 N–H and O–H groups in total. The molecule has 146 valence electrons. The summed E-state index contributed by atoms with van der Waals surface area (Å²) in [6, 6.07) is 19.4. The summed E-state index contributed by atoms with van der Waals surface area (Å²) in [7, 11) is 0. The summed E-state index contributed by atoms with van der Waals surface area (Å²) < 4.78 is 5.78. The van der Waals surface area contributed by atoms with E-state index in [1.807, 2.05) is 73.0 Å². The molecule has 0 aliphatic heterocycles. The summed E-state index contributed by atoms with van der Waals surface area (Å²) >= 11 is 3.00. The number of thiophene rings is 1. The second-order valence-electron chi connectivity index (χ2n) is 6.37. The molecular formula is C22H19N3O2S2. The predicted octanol–water partition coefficient (Wildman–Crippen LogP) is 5.39. The first kappa shape index (κ1) is 19.4. The maximum atomic E-state index is 12.6. The summed E-state index contributed by atoms with van der Waals surface area (Å²) in [6.45, 7) is 2.38. The zero-order valence-electron chi connectivity index (χ0n) is 15.7. The molecule has 0 saturated heterocycles. The van der Waals surface area contributed by atoms with E-state index in [-0.39, 0.29) is 11.2 Å². The van der Waals surface area contributed by atoms with Crippen molar-refractivity contribution in [2.75, 3.05) is 5.32 Å². The van der Waals surface area contributed by atoms with Crippen LogP contribution in [0.25, 0.3) is 10.2 Å². The minimum absolute atomic E-state index is 0.0741. The van der Waals surface area contributed by atoms with E-state index in [1.165, 1.54) is 11.8 Å². The van der Waals surface area contributed by atoms with E-state index in [0.29, 0.717) is 6.61 Å². The van der Waals surface area contributed by atoms with Gasteiger partial charge in [0.15, 0.2) is 0 Å². The third-order valence-corrected chi connectivity index (χ3v) is 6.19. The molecule has 7 heteroatoms. The Labute approximate surface area is 177 Å². The number of fused-ring (bicyclic) bond motifs is 1. The minimum atomic E-state index is -0.290. The number of ether oxygens (including phenoxy) is 1. The Morgan fingerprint density at radius 3 is 2.69 bits per heavy atom. The van der Waals surface area contributed by atoms with E-state index in [0.717, 1.165) is 32.2 Å². The van der Waals surface area contributed by atoms with Crippen molar-refractivity contribution in [2.45, 2.75) is 23.8 Å². The number of benzene rings is 2. The number of rotatable bonds is 7. The molecule has 4 rings (SSSR count). The van der Waals surface area contributed by atoms with Gasteiger partial charge in [0.25, 0.3) is 0 Å². The maximum absolute atomic E-state index is 12.6. The normalized spacial score (nSPS) is 11.9. The van der Waals surface area contributed by atoms with Gasteiger partial charge in [0, 0.05) is 11.1 Å². The van der Waals surface area contributed by atoms with Crippen molar-refractivity contribution in [3.8, 4) is 5.75 Å². The quantitative estimate of drug-likeness (QED) is 0.320. The van der Waals surface area contributed by atoms with Crippen molar-refractivity contribution in [2.24, 2.45) is 0 Å². The van der Waals surface area contributed by atoms with Crippen LogP contribution in [0, 0.1) is 0 Å². The van der Waals surface area contributed by atoms with Crippen molar-refractivity contribution in [1.29, 1.82) is 0 Å². The monoisotopic (exact) mass is 421 g/mol. The highest BCUT2D eigenvalue weighted by molar-refractivity contribution is 8.00. The first-order chi connectivity index (χ1) is 14.2. The van der Waals surface area contributed by atoms with Crippen molar-refractivity contribution >= 4 is 44.9 Å². The van der Waals surface area contributed by atoms with Gasteiger partial charge in [-0.1, -0.05) is 42.1 Å². The largest absolute Gasteiger partial charge is 0.489 e. The van der Waals surface area contributed by atoms with Crippen LogP contribution in [-0.4, -0.2) is 21.1 Å². The molecule has 0 unspecified atom stereocenters. The van der Waals surface area contributed by atoms with Gasteiger partial charge in [0.05, 0.1) is 5.25 Å². The van der Waals surface area contributed by atoms with Gasteiger partial charge in [-0.2, -0.15) is 0 Å². The fourth-order valence-electron chi connectivity index (χ4n) is 2.70. The van der Waals surface area contributed by atoms with Crippen molar-refractivity contribution < 1.29 is 9.53 Å². The van der Waals surface area contributed by atoms with Crippen LogP contribution in [-0.2, 0) is 11.4 Å². The Morgan fingerprint density at radius 2 is 1.90 bits per heavy atom. The maximum Gasteiger partial charge on any atom is 0.237 e. The van der Waals surface area contributed by atoms with Crippen molar-refractivity contribution in [3.63, 3.8) is 0 Å². The molecule has 0 spiro atoms. The number of carbonyl (C=O) groups is 1. The van der Waals surface area contributed by atoms with Crippen LogP contribution in [0.4, 0.5) is 5.69 Å². The molecule has 2 heterocycles. The van der Waals surface area contributed by atoms with Gasteiger partial charge in [-0.15, -0.1) is 11.3 Å². The van der Waals surface area contributed by atoms with Crippen LogP contribution < -0.4 is 10.1 Å². The Morgan fingerprint density at radius 1 is 1.10 bits per heavy atom. The minimum Gasteiger partial charge on any atom is -0.489 e. The number of nitrogens with zero attached hydrogens (tertiary/aromatic N) is 2. The number of hydrogen-bond donors (Lipinski definition) is 1. The van der Waals surface area contributed by atoms with Crippen LogP contribution in [0.1, 0.15) is 12.5 Å². The zero-order chi connectivity index (χ0) is 20.1. The van der Waals surface area contributed by atoms with Gasteiger partial charge in [-0.25, -0.2) is 9.97 Å². The van der Waals surface area contributed by atoms with Crippen LogP contribution in [0.5, 0.6) is 5.75 Å². The number of anilines is 1. The summed E-state index contributed by atoms with van der Waals surface area (Å²) in [5.74, 6) is 0.685. The van der Waals surface area contributed by atoms with E-state index < -0.39 is 0 Å². The molecule has 0 aliphatic rings. The molecule has 0 saturated carbocycles. The predicted molar refractivity (Wildman–Crippen MR) is 119 cm³/mol. The molecule has 1 atom stereocenters. The van der Waals surface area contributed by atoms with Gasteiger partial charge in [0.1, 0.15) is 28.5 Å². The lowest BCUT2D eigenvalue weighted by atomic mass is 10.2. The first-order valence-electron chi connectivity index (χ1n) is 9.11. The summed E-state index contributed by atoms with van der Waals surface area (Å²) in [6.07, 6.45) is 1.54. The lowest BCUT2D eigenvalue weighted by molar-refractivity contribution is -0.115. The Hall–Kier alpha value is -2.90. The smallest absolute Gasteiger partial charge is 0.237 e. The van der Waals surface area contributed by atoms with Gasteiger partial charge in [-0.3, -0.25) is 4.79 Å². The Balaban J connectivity index is 1.33. The molecule has 0 radical (unpaired) electrons. The fraction of sp³-hybridized carbons (Fsp3) is 0.136. The number of amides is 1. The average Bonchev–Trinajstić information content (AvgIpc) is 3.24. The van der Waals surface area contributed by atoms with E-state index in [9.17, 15) is 4.79 Å². The zero-order valence-corrected chi connectivity index (χ0v) is 17.4. The van der Waals surface area contributed by atoms with Gasteiger partial charge in [-0.05, 0) is 48.2 Å². The van der Waals surface area contributed by atoms with E-state index in [1.54, 1.807) is 17.7 Å². The Kier molecular flexibility index (Phi) is 6.07. The number of thioether (sulfide) groups is 1. The van der Waals surface area contributed by atoms with Crippen LogP contribution in [0.3, 0.4) is 0 Å². The summed E-state index contributed by atoms with van der Waals surface area (Å²) in [5.41, 5.74) is 1.85. The third kappa shape index (κ3) is 4.93. The summed E-state index contributed by atoms with van der Waals surface area (Å²) in [5, 5.41) is 6.45. The van der Waals surface area contributed by atoms with Gasteiger partial charge in [0.2, 0.25) is 5.91 Å². The first-order valence-corrected chi connectivity index (χ1v) is 10.9. The molecule has 1 amide bonds. The molecule has 0 bridgehead atoms. The lowest BCUT2D eigenvalue weighted by Gasteiger charge is -2.12. The van der Waals surface area contributed by atoms with Crippen LogP contribution in [0.15, 0.2) is 77.4 Å². The van der Waals surface area contributed by atoms with Crippen molar-refractivity contribution in [1.82, 2.24) is 9.97 Å². The average molecular weight is 422 g/mol. The highest BCUT2D eigenvalue weighted by Crippen LogP contribution is 2.30. The Bertz CT molecular complexity index is 1100. The molecule has 2 aromatic heterocycles. The number of carbonyl (C=O) groups excluding carboxylic acids is 1. The molecule has 5 nitrogen and oxygen atoms in total. The summed E-state index contributed by atoms with van der Waals surface area (Å²) in [4.78, 5) is 22.1. The highest BCUT2D eigenvalue weighted by atomic mass is 32.2. The molecule has 4 aromatic rings. The van der Waals surface area contributed by atoms with Gasteiger partial charge >= 0.3 is 0 Å². The van der Waals surface area contributed by atoms with Gasteiger partial charge < -0.3 is 10.1 Å². The highest BCUT2D eigenvalue weighted by Gasteiger charge is 2.17. The second kappa shape index (κ2) is 9.07. The topological polar surface area (TPSA) is 64.1 Å². The third-order valence-electron chi connectivity index (χ3n) is 4.25. The number of aromatic nitrogens is 2. The van der Waals surface area contributed by atoms with E-state index >= 15 is 0 Å². The fourth-order valence-corrected chi connectivity index (χ4v) is 4.40. The molecular weight excluding hydrogens is 402 g/mol. The number of hydrogen-bond acceptors (Lipinski definition) is 6. The van der Waals surface area contributed by atoms with E-state index in [4.69, 9.17) is 4.74 Å². The standard InChI is InChI=1S/C22H19N3O2S2/c1-15(29-22-19-11-12-28-21(19)23-14-24-22)20(26)25-17-7-9-18(10-8-17)27-13-16-5-3-2-4-6-16/h2-12,14-15H,13H2,1H3,(H,25,26)/t15-/m1/s1. The molecule has 0 aliphatic carbocycles. The number of nitrogens with one attached hydrogen (secondary N) is 1. The molecule has 29 heavy (non-hydrogen) atoms. The van der Waals surface area contributed by atoms with Crippen LogP contribution in [0.2, 0.25) is 0 Å². The lowest BCUT2D eigenvalue weighted by Crippen LogP contribution is -2.22. The molecule has 0 fully saturated rings.